The highest BCUT2D eigenvalue weighted by Crippen LogP contribution is 2.07. The number of rotatable bonds is 4. The first-order valence-corrected chi connectivity index (χ1v) is 4.65. The van der Waals surface area contributed by atoms with Crippen LogP contribution in [0.25, 0.3) is 0 Å². The molecule has 4 heteroatoms. The highest BCUT2D eigenvalue weighted by molar-refractivity contribution is 4.95. The molecule has 0 aliphatic heterocycles. The first kappa shape index (κ1) is 10.2. The number of hydrogen-bond acceptors (Lipinski definition) is 3. The van der Waals surface area contributed by atoms with Gasteiger partial charge in [-0.2, -0.15) is 5.10 Å². The maximum absolute atomic E-state index is 4.39. The molecule has 0 aromatic carbocycles. The molecular weight excluding hydrogens is 164 g/mol. The number of aromatic amines is 1. The van der Waals surface area contributed by atoms with E-state index in [0.29, 0.717) is 5.92 Å². The second kappa shape index (κ2) is 4.37. The zero-order valence-electron chi connectivity index (χ0n) is 8.83. The first-order valence-electron chi connectivity index (χ1n) is 4.65. The smallest absolute Gasteiger partial charge is 0.153 e. The fourth-order valence-electron chi connectivity index (χ4n) is 1.01. The third kappa shape index (κ3) is 3.14. The zero-order valence-corrected chi connectivity index (χ0v) is 8.83. The van der Waals surface area contributed by atoms with Crippen molar-refractivity contribution in [2.45, 2.75) is 26.2 Å². The lowest BCUT2D eigenvalue weighted by Crippen LogP contribution is -2.15. The average molecular weight is 182 g/mol. The molecule has 0 fully saturated rings. The molecule has 0 aliphatic carbocycles. The van der Waals surface area contributed by atoms with Crippen molar-refractivity contribution < 1.29 is 0 Å². The summed E-state index contributed by atoms with van der Waals surface area (Å²) in [4.78, 5) is 6.52. The van der Waals surface area contributed by atoms with Crippen molar-refractivity contribution in [2.24, 2.45) is 0 Å². The maximum atomic E-state index is 4.39. The molecule has 0 unspecified atom stereocenters. The number of nitrogens with one attached hydrogen (secondary N) is 1. The largest absolute Gasteiger partial charge is 0.309 e. The predicted octanol–water partition coefficient (Wildman–Crippen LogP) is 1.03. The van der Waals surface area contributed by atoms with Crippen molar-refractivity contribution >= 4 is 0 Å². The van der Waals surface area contributed by atoms with Gasteiger partial charge in [-0.25, -0.2) is 4.98 Å². The minimum atomic E-state index is 0.407. The topological polar surface area (TPSA) is 44.8 Å². The summed E-state index contributed by atoms with van der Waals surface area (Å²) in [6.07, 6.45) is 0.937. The van der Waals surface area contributed by atoms with E-state index in [4.69, 9.17) is 0 Å². The normalized spacial score (nSPS) is 11.5. The summed E-state index contributed by atoms with van der Waals surface area (Å²) < 4.78 is 0. The summed E-state index contributed by atoms with van der Waals surface area (Å²) >= 11 is 0. The number of nitrogens with zero attached hydrogens (tertiary/aromatic N) is 3. The molecule has 0 aliphatic rings. The lowest BCUT2D eigenvalue weighted by molar-refractivity contribution is 0.409. The lowest BCUT2D eigenvalue weighted by atomic mass is 10.2. The number of H-pyrrole nitrogens is 1. The van der Waals surface area contributed by atoms with Crippen molar-refractivity contribution in [3.63, 3.8) is 0 Å². The van der Waals surface area contributed by atoms with Crippen molar-refractivity contribution in [3.8, 4) is 0 Å². The molecule has 1 N–H and O–H groups in total. The molecular formula is C9H18N4. The molecule has 0 saturated carbocycles. The quantitative estimate of drug-likeness (QED) is 0.756. The molecule has 1 aromatic rings. The minimum absolute atomic E-state index is 0.407. The van der Waals surface area contributed by atoms with E-state index in [2.05, 4.69) is 48.0 Å². The third-order valence-corrected chi connectivity index (χ3v) is 1.86. The van der Waals surface area contributed by atoms with Crippen molar-refractivity contribution in [1.29, 1.82) is 0 Å². The van der Waals surface area contributed by atoms with Crippen molar-refractivity contribution in [3.05, 3.63) is 11.6 Å². The van der Waals surface area contributed by atoms with Gasteiger partial charge in [-0.05, 0) is 14.1 Å². The molecule has 1 heterocycles. The number of aromatic nitrogens is 3. The van der Waals surface area contributed by atoms with Crippen molar-refractivity contribution in [2.75, 3.05) is 20.6 Å². The van der Waals surface area contributed by atoms with Crippen LogP contribution in [0.5, 0.6) is 0 Å². The molecule has 0 saturated heterocycles. The van der Waals surface area contributed by atoms with Gasteiger partial charge in [0, 0.05) is 18.9 Å². The predicted molar refractivity (Wildman–Crippen MR) is 52.7 cm³/mol. The Bertz CT molecular complexity index is 252. The van der Waals surface area contributed by atoms with Gasteiger partial charge >= 0.3 is 0 Å². The van der Waals surface area contributed by atoms with E-state index in [9.17, 15) is 0 Å². The van der Waals surface area contributed by atoms with E-state index >= 15 is 0 Å². The number of hydrogen-bond donors (Lipinski definition) is 1. The van der Waals surface area contributed by atoms with Crippen LogP contribution in [-0.4, -0.2) is 40.7 Å². The van der Waals surface area contributed by atoms with Gasteiger partial charge in [0.2, 0.25) is 0 Å². The van der Waals surface area contributed by atoms with Gasteiger partial charge < -0.3 is 4.90 Å². The SMILES string of the molecule is CC(C)c1n[nH]c(CCN(C)C)n1. The second-order valence-electron chi connectivity index (χ2n) is 3.85. The maximum Gasteiger partial charge on any atom is 0.153 e. The fourth-order valence-corrected chi connectivity index (χ4v) is 1.01. The van der Waals surface area contributed by atoms with Crippen LogP contribution in [0.4, 0.5) is 0 Å². The van der Waals surface area contributed by atoms with Crippen LogP contribution in [0, 0.1) is 0 Å². The lowest BCUT2D eigenvalue weighted by Gasteiger charge is -2.06. The van der Waals surface area contributed by atoms with E-state index in [0.717, 1.165) is 24.6 Å². The van der Waals surface area contributed by atoms with Gasteiger partial charge in [0.25, 0.3) is 0 Å². The summed E-state index contributed by atoms with van der Waals surface area (Å²) in [6.45, 7) is 5.20. The Kier molecular flexibility index (Phi) is 3.42. The van der Waals surface area contributed by atoms with Crippen LogP contribution in [0.3, 0.4) is 0 Å². The fraction of sp³-hybridized carbons (Fsp3) is 0.778. The Labute approximate surface area is 79.4 Å². The van der Waals surface area contributed by atoms with Gasteiger partial charge in [0.05, 0.1) is 0 Å². The van der Waals surface area contributed by atoms with E-state index in [-0.39, 0.29) is 0 Å². The van der Waals surface area contributed by atoms with Crippen LogP contribution < -0.4 is 0 Å². The van der Waals surface area contributed by atoms with E-state index < -0.39 is 0 Å². The molecule has 1 aromatic heterocycles. The van der Waals surface area contributed by atoms with Crippen LogP contribution in [0.2, 0.25) is 0 Å². The molecule has 0 amide bonds. The van der Waals surface area contributed by atoms with Crippen LogP contribution in [0.1, 0.15) is 31.4 Å². The molecule has 1 rings (SSSR count). The van der Waals surface area contributed by atoms with Crippen LogP contribution >= 0.6 is 0 Å². The van der Waals surface area contributed by atoms with Gasteiger partial charge in [0.1, 0.15) is 5.82 Å². The Hall–Kier alpha value is -0.900. The second-order valence-corrected chi connectivity index (χ2v) is 3.85. The van der Waals surface area contributed by atoms with E-state index in [1.54, 1.807) is 0 Å². The van der Waals surface area contributed by atoms with Crippen LogP contribution in [0.15, 0.2) is 0 Å². The molecule has 0 atom stereocenters. The molecule has 0 bridgehead atoms. The monoisotopic (exact) mass is 182 g/mol. The van der Waals surface area contributed by atoms with E-state index in [1.807, 2.05) is 0 Å². The molecule has 13 heavy (non-hydrogen) atoms. The molecule has 74 valence electrons. The first-order chi connectivity index (χ1) is 6.09. The summed E-state index contributed by atoms with van der Waals surface area (Å²) in [6, 6.07) is 0. The number of likely N-dealkylation sites (N-methyl/N-ethyl adjacent to an activating group) is 1. The summed E-state index contributed by atoms with van der Waals surface area (Å²) in [5.41, 5.74) is 0. The summed E-state index contributed by atoms with van der Waals surface area (Å²) in [5, 5.41) is 7.09. The zero-order chi connectivity index (χ0) is 9.84. The van der Waals surface area contributed by atoms with Gasteiger partial charge in [-0.3, -0.25) is 5.10 Å². The molecule has 4 nitrogen and oxygen atoms in total. The summed E-state index contributed by atoms with van der Waals surface area (Å²) in [5.74, 6) is 2.30. The average Bonchev–Trinajstić information content (AvgIpc) is 2.48. The third-order valence-electron chi connectivity index (χ3n) is 1.86. The van der Waals surface area contributed by atoms with Crippen LogP contribution in [-0.2, 0) is 6.42 Å². The Morgan fingerprint density at radius 2 is 2.08 bits per heavy atom. The molecule has 0 spiro atoms. The van der Waals surface area contributed by atoms with Gasteiger partial charge in [-0.15, -0.1) is 0 Å². The minimum Gasteiger partial charge on any atom is -0.309 e. The Balaban J connectivity index is 2.49. The summed E-state index contributed by atoms with van der Waals surface area (Å²) in [7, 11) is 4.11. The highest BCUT2D eigenvalue weighted by Gasteiger charge is 2.06. The van der Waals surface area contributed by atoms with Crippen molar-refractivity contribution in [1.82, 2.24) is 20.1 Å². The van der Waals surface area contributed by atoms with Gasteiger partial charge in [0.15, 0.2) is 5.82 Å². The standard InChI is InChI=1S/C9H18N4/c1-7(2)9-10-8(11-12-9)5-6-13(3)4/h7H,5-6H2,1-4H3,(H,10,11,12). The molecule has 0 radical (unpaired) electrons. The highest BCUT2D eigenvalue weighted by atomic mass is 15.2. The van der Waals surface area contributed by atoms with E-state index in [1.165, 1.54) is 0 Å². The Morgan fingerprint density at radius 3 is 2.54 bits per heavy atom. The van der Waals surface area contributed by atoms with Gasteiger partial charge in [-0.1, -0.05) is 13.8 Å². The Morgan fingerprint density at radius 1 is 1.38 bits per heavy atom.